The van der Waals surface area contributed by atoms with E-state index in [9.17, 15) is 0 Å². The minimum Gasteiger partial charge on any atom is -0.316 e. The van der Waals surface area contributed by atoms with Gasteiger partial charge >= 0.3 is 0 Å². The Morgan fingerprint density at radius 1 is 1.36 bits per heavy atom. The summed E-state index contributed by atoms with van der Waals surface area (Å²) in [4.78, 5) is 2.42. The van der Waals surface area contributed by atoms with Crippen LogP contribution >= 0.6 is 0 Å². The molecule has 1 aliphatic rings. The summed E-state index contributed by atoms with van der Waals surface area (Å²) in [6.07, 6.45) is 10.1. The molecule has 1 fully saturated rings. The van der Waals surface area contributed by atoms with Crippen LogP contribution in [0.5, 0.6) is 0 Å². The molecule has 0 aromatic heterocycles. The summed E-state index contributed by atoms with van der Waals surface area (Å²) in [6, 6.07) is 0. The van der Waals surface area contributed by atoms with Crippen LogP contribution in [0.15, 0.2) is 0 Å². The third-order valence-corrected chi connectivity index (χ3v) is 3.01. The molecule has 0 atom stereocenters. The summed E-state index contributed by atoms with van der Waals surface area (Å²) < 4.78 is 0. The minimum atomic E-state index is 0.855. The number of hydrogen-bond donors (Lipinski definition) is 1. The molecule has 80 valence electrons. The second kappa shape index (κ2) is 6.86. The molecular weight excluding hydrogens is 172 g/mol. The number of nitrogens with one attached hydrogen (secondary N) is 1. The van der Waals surface area contributed by atoms with Crippen LogP contribution in [0.4, 0.5) is 0 Å². The van der Waals surface area contributed by atoms with Crippen molar-refractivity contribution >= 4 is 0 Å². The summed E-state index contributed by atoms with van der Waals surface area (Å²) in [5.41, 5.74) is 0. The number of likely N-dealkylation sites (tertiary alicyclic amines) is 1. The number of nitrogens with zero attached hydrogens (tertiary/aromatic N) is 1. The molecule has 0 aromatic carbocycles. The molecular formula is C12H22N2. The SMILES string of the molecule is C#CCCNCCC1CCN(C)CC1. The van der Waals surface area contributed by atoms with Gasteiger partial charge in [-0.2, -0.15) is 0 Å². The number of hydrogen-bond acceptors (Lipinski definition) is 2. The fourth-order valence-corrected chi connectivity index (χ4v) is 1.94. The second-order valence-corrected chi connectivity index (χ2v) is 4.24. The van der Waals surface area contributed by atoms with Gasteiger partial charge in [0.25, 0.3) is 0 Å². The van der Waals surface area contributed by atoms with Crippen molar-refractivity contribution < 1.29 is 0 Å². The van der Waals surface area contributed by atoms with E-state index in [-0.39, 0.29) is 0 Å². The van der Waals surface area contributed by atoms with Crippen molar-refractivity contribution in [3.63, 3.8) is 0 Å². The smallest absolute Gasteiger partial charge is 0.0211 e. The topological polar surface area (TPSA) is 15.3 Å². The van der Waals surface area contributed by atoms with Crippen molar-refractivity contribution in [2.45, 2.75) is 25.7 Å². The third kappa shape index (κ3) is 4.64. The molecule has 0 aliphatic carbocycles. The van der Waals surface area contributed by atoms with Gasteiger partial charge in [0.1, 0.15) is 0 Å². The van der Waals surface area contributed by atoms with E-state index in [0.717, 1.165) is 25.4 Å². The summed E-state index contributed by atoms with van der Waals surface area (Å²) in [5, 5.41) is 3.39. The molecule has 0 saturated carbocycles. The van der Waals surface area contributed by atoms with Crippen LogP contribution in [0.3, 0.4) is 0 Å². The number of piperidine rings is 1. The Hall–Kier alpha value is -0.520. The average molecular weight is 194 g/mol. The highest BCUT2D eigenvalue weighted by Gasteiger charge is 2.15. The van der Waals surface area contributed by atoms with Crippen LogP contribution in [-0.4, -0.2) is 38.1 Å². The Morgan fingerprint density at radius 3 is 2.71 bits per heavy atom. The second-order valence-electron chi connectivity index (χ2n) is 4.24. The summed E-state index contributed by atoms with van der Waals surface area (Å²) in [7, 11) is 2.21. The maximum atomic E-state index is 5.17. The zero-order chi connectivity index (χ0) is 10.2. The van der Waals surface area contributed by atoms with Gasteiger partial charge in [0.15, 0.2) is 0 Å². The van der Waals surface area contributed by atoms with Gasteiger partial charge in [-0.3, -0.25) is 0 Å². The highest BCUT2D eigenvalue weighted by molar-refractivity contribution is 4.84. The van der Waals surface area contributed by atoms with Crippen molar-refractivity contribution in [3.05, 3.63) is 0 Å². The Balaban J connectivity index is 1.94. The third-order valence-electron chi connectivity index (χ3n) is 3.01. The van der Waals surface area contributed by atoms with Gasteiger partial charge in [-0.25, -0.2) is 0 Å². The fraction of sp³-hybridized carbons (Fsp3) is 0.833. The van der Waals surface area contributed by atoms with Crippen molar-refractivity contribution in [1.82, 2.24) is 10.2 Å². The molecule has 1 saturated heterocycles. The van der Waals surface area contributed by atoms with E-state index in [1.165, 1.54) is 32.4 Å². The fourth-order valence-electron chi connectivity index (χ4n) is 1.94. The Labute approximate surface area is 88.1 Å². The van der Waals surface area contributed by atoms with Crippen LogP contribution < -0.4 is 5.32 Å². The highest BCUT2D eigenvalue weighted by Crippen LogP contribution is 2.18. The molecule has 0 bridgehead atoms. The quantitative estimate of drug-likeness (QED) is 0.525. The number of terminal acetylenes is 1. The molecule has 0 spiro atoms. The van der Waals surface area contributed by atoms with Gasteiger partial charge < -0.3 is 10.2 Å². The molecule has 0 radical (unpaired) electrons. The minimum absolute atomic E-state index is 0.855. The molecule has 1 rings (SSSR count). The summed E-state index contributed by atoms with van der Waals surface area (Å²) in [5.74, 6) is 3.58. The van der Waals surface area contributed by atoms with E-state index in [1.807, 2.05) is 0 Å². The first-order chi connectivity index (χ1) is 6.83. The Kier molecular flexibility index (Phi) is 5.66. The van der Waals surface area contributed by atoms with Crippen molar-refractivity contribution in [3.8, 4) is 12.3 Å². The Bertz CT molecular complexity index is 175. The molecule has 14 heavy (non-hydrogen) atoms. The maximum absolute atomic E-state index is 5.17. The van der Waals surface area contributed by atoms with Crippen LogP contribution in [0.2, 0.25) is 0 Å². The molecule has 2 heteroatoms. The van der Waals surface area contributed by atoms with E-state index >= 15 is 0 Å². The first kappa shape index (κ1) is 11.6. The van der Waals surface area contributed by atoms with E-state index in [4.69, 9.17) is 6.42 Å². The predicted molar refractivity (Wildman–Crippen MR) is 61.2 cm³/mol. The lowest BCUT2D eigenvalue weighted by Gasteiger charge is -2.28. The van der Waals surface area contributed by atoms with Gasteiger partial charge in [0, 0.05) is 13.0 Å². The largest absolute Gasteiger partial charge is 0.316 e. The molecule has 1 aliphatic heterocycles. The summed E-state index contributed by atoms with van der Waals surface area (Å²) >= 11 is 0. The first-order valence-corrected chi connectivity index (χ1v) is 5.65. The lowest BCUT2D eigenvalue weighted by atomic mass is 9.94. The van der Waals surface area contributed by atoms with E-state index < -0.39 is 0 Å². The predicted octanol–water partition coefficient (Wildman–Crippen LogP) is 1.33. The molecule has 0 amide bonds. The average Bonchev–Trinajstić information content (AvgIpc) is 2.21. The number of rotatable bonds is 5. The monoisotopic (exact) mass is 194 g/mol. The van der Waals surface area contributed by atoms with Crippen LogP contribution in [0, 0.1) is 18.3 Å². The van der Waals surface area contributed by atoms with Crippen LogP contribution in [0.25, 0.3) is 0 Å². The van der Waals surface area contributed by atoms with Crippen molar-refractivity contribution in [1.29, 1.82) is 0 Å². The van der Waals surface area contributed by atoms with E-state index in [2.05, 4.69) is 23.2 Å². The van der Waals surface area contributed by atoms with Crippen molar-refractivity contribution in [2.75, 3.05) is 33.2 Å². The van der Waals surface area contributed by atoms with Gasteiger partial charge in [0.05, 0.1) is 0 Å². The zero-order valence-electron chi connectivity index (χ0n) is 9.26. The standard InChI is InChI=1S/C12H22N2/c1-3-4-8-13-9-5-12-6-10-14(2)11-7-12/h1,12-13H,4-11H2,2H3. The van der Waals surface area contributed by atoms with Crippen LogP contribution in [-0.2, 0) is 0 Å². The summed E-state index contributed by atoms with van der Waals surface area (Å²) in [6.45, 7) is 4.66. The van der Waals surface area contributed by atoms with E-state index in [1.54, 1.807) is 0 Å². The molecule has 0 unspecified atom stereocenters. The normalized spacial score (nSPS) is 19.4. The first-order valence-electron chi connectivity index (χ1n) is 5.65. The highest BCUT2D eigenvalue weighted by atomic mass is 15.1. The molecule has 0 aromatic rings. The van der Waals surface area contributed by atoms with Crippen LogP contribution in [0.1, 0.15) is 25.7 Å². The van der Waals surface area contributed by atoms with Gasteiger partial charge in [-0.05, 0) is 51.9 Å². The van der Waals surface area contributed by atoms with Gasteiger partial charge in [0.2, 0.25) is 0 Å². The maximum Gasteiger partial charge on any atom is 0.0211 e. The Morgan fingerprint density at radius 2 is 2.07 bits per heavy atom. The zero-order valence-corrected chi connectivity index (χ0v) is 9.26. The van der Waals surface area contributed by atoms with Crippen molar-refractivity contribution in [2.24, 2.45) is 5.92 Å². The molecule has 1 N–H and O–H groups in total. The lowest BCUT2D eigenvalue weighted by molar-refractivity contribution is 0.212. The van der Waals surface area contributed by atoms with Gasteiger partial charge in [-0.15, -0.1) is 12.3 Å². The lowest BCUT2D eigenvalue weighted by Crippen LogP contribution is -2.31. The molecule has 1 heterocycles. The molecule has 2 nitrogen and oxygen atoms in total. The van der Waals surface area contributed by atoms with Gasteiger partial charge in [-0.1, -0.05) is 0 Å². The van der Waals surface area contributed by atoms with E-state index in [0.29, 0.717) is 0 Å².